The van der Waals surface area contributed by atoms with Crippen LogP contribution in [-0.2, 0) is 33.5 Å². The molecule has 0 radical (unpaired) electrons. The lowest BCUT2D eigenvalue weighted by Crippen LogP contribution is -2.26. The van der Waals surface area contributed by atoms with Crippen molar-refractivity contribution in [3.63, 3.8) is 0 Å². The smallest absolute Gasteiger partial charge is 0.333 e. The molecule has 200 valence electrons. The molecule has 2 unspecified atom stereocenters. The highest BCUT2D eigenvalue weighted by atomic mass is 16.5. The fraction of sp³-hybridized carbons (Fsp3) is 0.364. The van der Waals surface area contributed by atoms with E-state index in [1.165, 1.54) is 33.4 Å². The molecule has 0 saturated heterocycles. The third kappa shape index (κ3) is 6.91. The Labute approximate surface area is 226 Å². The number of benzene rings is 3. The number of ether oxygens (including phenoxy) is 3. The Bertz CT molecular complexity index is 1240. The van der Waals surface area contributed by atoms with Crippen LogP contribution < -0.4 is 4.74 Å². The average molecular weight is 515 g/mol. The molecular weight excluding hydrogens is 476 g/mol. The molecule has 3 aromatic carbocycles. The Morgan fingerprint density at radius 3 is 2.29 bits per heavy atom. The number of aryl methyl sites for hydroxylation is 2. The van der Waals surface area contributed by atoms with Gasteiger partial charge >= 0.3 is 5.97 Å². The summed E-state index contributed by atoms with van der Waals surface area (Å²) < 4.78 is 17.8. The number of hydrogen-bond donors (Lipinski definition) is 1. The molecule has 0 amide bonds. The lowest BCUT2D eigenvalue weighted by atomic mass is 9.93. The summed E-state index contributed by atoms with van der Waals surface area (Å²) in [6, 6.07) is 20.9. The van der Waals surface area contributed by atoms with Crippen LogP contribution in [0.5, 0.6) is 5.75 Å². The van der Waals surface area contributed by atoms with Crippen molar-refractivity contribution in [2.24, 2.45) is 0 Å². The molecule has 4 rings (SSSR count). The third-order valence-electron chi connectivity index (χ3n) is 6.88. The molecule has 0 aliphatic heterocycles. The van der Waals surface area contributed by atoms with Gasteiger partial charge in [0.25, 0.3) is 0 Å². The van der Waals surface area contributed by atoms with Crippen LogP contribution in [0.2, 0.25) is 0 Å². The number of carbonyl (C=O) groups is 1. The number of hydrogen-bond acceptors (Lipinski definition) is 4. The number of fused-ring (bicyclic) bond motifs is 2. The van der Waals surface area contributed by atoms with Gasteiger partial charge in [0.15, 0.2) is 6.10 Å². The van der Waals surface area contributed by atoms with Crippen molar-refractivity contribution < 1.29 is 24.1 Å². The van der Waals surface area contributed by atoms with Gasteiger partial charge in [-0.05, 0) is 70.8 Å². The fourth-order valence-corrected chi connectivity index (χ4v) is 4.88. The second kappa shape index (κ2) is 13.4. The number of carboxylic acid groups (broad SMARTS) is 1. The molecule has 0 heterocycles. The molecule has 0 aromatic heterocycles. The molecule has 2 atom stereocenters. The Kier molecular flexibility index (Phi) is 9.74. The van der Waals surface area contributed by atoms with Crippen LogP contribution in [0.1, 0.15) is 72.2 Å². The van der Waals surface area contributed by atoms with E-state index in [4.69, 9.17) is 14.2 Å². The van der Waals surface area contributed by atoms with Crippen LogP contribution in [0.25, 0.3) is 12.2 Å². The topological polar surface area (TPSA) is 65.0 Å². The molecule has 38 heavy (non-hydrogen) atoms. The van der Waals surface area contributed by atoms with Crippen molar-refractivity contribution >= 4 is 18.1 Å². The standard InChI is InChI=1S/C33H38O5/c1-4-7-24-8-12-26-13-14-27-20-23(5-2)11-17-29(27)32(30(26)21-24)38-19-18-37-28-15-9-25(10-16-28)22-31(33(34)35)36-6-3/h8-17,20-21,31-32H,4-7,18-19,22H2,1-3H3,(H,34,35). The van der Waals surface area contributed by atoms with Crippen molar-refractivity contribution in [2.75, 3.05) is 19.8 Å². The Hall–Kier alpha value is -3.41. The molecule has 5 heteroatoms. The van der Waals surface area contributed by atoms with Crippen LogP contribution in [0, 0.1) is 0 Å². The molecule has 1 aliphatic rings. The zero-order chi connectivity index (χ0) is 26.9. The van der Waals surface area contributed by atoms with Crippen molar-refractivity contribution in [1.82, 2.24) is 0 Å². The van der Waals surface area contributed by atoms with Gasteiger partial charge < -0.3 is 19.3 Å². The number of rotatable bonds is 13. The minimum Gasteiger partial charge on any atom is -0.491 e. The molecule has 1 N–H and O–H groups in total. The summed E-state index contributed by atoms with van der Waals surface area (Å²) in [7, 11) is 0. The molecule has 1 aliphatic carbocycles. The van der Waals surface area contributed by atoms with Gasteiger partial charge in [-0.25, -0.2) is 4.79 Å². The van der Waals surface area contributed by atoms with Gasteiger partial charge in [0, 0.05) is 13.0 Å². The molecule has 0 saturated carbocycles. The third-order valence-corrected chi connectivity index (χ3v) is 6.88. The van der Waals surface area contributed by atoms with E-state index in [-0.39, 0.29) is 6.10 Å². The largest absolute Gasteiger partial charge is 0.491 e. The first-order chi connectivity index (χ1) is 18.5. The van der Waals surface area contributed by atoms with Gasteiger partial charge in [-0.2, -0.15) is 0 Å². The van der Waals surface area contributed by atoms with Crippen LogP contribution in [-0.4, -0.2) is 37.0 Å². The lowest BCUT2D eigenvalue weighted by molar-refractivity contribution is -0.149. The molecule has 0 bridgehead atoms. The summed E-state index contributed by atoms with van der Waals surface area (Å²) in [6.07, 6.45) is 6.85. The van der Waals surface area contributed by atoms with E-state index in [2.05, 4.69) is 62.4 Å². The van der Waals surface area contributed by atoms with E-state index in [0.717, 1.165) is 30.6 Å². The maximum Gasteiger partial charge on any atom is 0.333 e. The highest BCUT2D eigenvalue weighted by Crippen LogP contribution is 2.36. The minimum atomic E-state index is -0.950. The van der Waals surface area contributed by atoms with Crippen molar-refractivity contribution in [3.05, 3.63) is 99.6 Å². The summed E-state index contributed by atoms with van der Waals surface area (Å²) in [4.78, 5) is 11.4. The molecule has 5 nitrogen and oxygen atoms in total. The first-order valence-electron chi connectivity index (χ1n) is 13.6. The van der Waals surface area contributed by atoms with E-state index >= 15 is 0 Å². The Morgan fingerprint density at radius 1 is 0.842 bits per heavy atom. The van der Waals surface area contributed by atoms with Crippen LogP contribution in [0.15, 0.2) is 60.7 Å². The predicted octanol–water partition coefficient (Wildman–Crippen LogP) is 6.90. The minimum absolute atomic E-state index is 0.171. The number of carboxylic acids is 1. The summed E-state index contributed by atoms with van der Waals surface area (Å²) in [5.74, 6) is -0.226. The van der Waals surface area contributed by atoms with Crippen molar-refractivity contribution in [1.29, 1.82) is 0 Å². The fourth-order valence-electron chi connectivity index (χ4n) is 4.88. The predicted molar refractivity (Wildman–Crippen MR) is 152 cm³/mol. The summed E-state index contributed by atoms with van der Waals surface area (Å²) >= 11 is 0. The van der Waals surface area contributed by atoms with Crippen LogP contribution >= 0.6 is 0 Å². The normalized spacial score (nSPS) is 14.9. The molecule has 0 fully saturated rings. The van der Waals surface area contributed by atoms with E-state index in [0.29, 0.717) is 26.2 Å². The first-order valence-corrected chi connectivity index (χ1v) is 13.6. The summed E-state index contributed by atoms with van der Waals surface area (Å²) in [5, 5.41) is 9.31. The highest BCUT2D eigenvalue weighted by Gasteiger charge is 2.23. The maximum atomic E-state index is 11.4. The van der Waals surface area contributed by atoms with Gasteiger partial charge in [-0.15, -0.1) is 0 Å². The second-order valence-corrected chi connectivity index (χ2v) is 9.59. The van der Waals surface area contributed by atoms with Gasteiger partial charge in [0.1, 0.15) is 18.5 Å². The van der Waals surface area contributed by atoms with Crippen molar-refractivity contribution in [3.8, 4) is 5.75 Å². The average Bonchev–Trinajstić information content (AvgIpc) is 3.08. The van der Waals surface area contributed by atoms with Crippen molar-refractivity contribution in [2.45, 2.75) is 58.7 Å². The number of aliphatic carboxylic acids is 1. The molecular formula is C33H38O5. The zero-order valence-corrected chi connectivity index (χ0v) is 22.6. The van der Waals surface area contributed by atoms with Gasteiger partial charge in [-0.3, -0.25) is 0 Å². The van der Waals surface area contributed by atoms with E-state index in [9.17, 15) is 9.90 Å². The lowest BCUT2D eigenvalue weighted by Gasteiger charge is -2.22. The summed E-state index contributed by atoms with van der Waals surface area (Å²) in [6.45, 7) is 7.38. The Morgan fingerprint density at radius 2 is 1.58 bits per heavy atom. The van der Waals surface area contributed by atoms with Gasteiger partial charge in [0.05, 0.1) is 6.61 Å². The monoisotopic (exact) mass is 514 g/mol. The van der Waals surface area contributed by atoms with Gasteiger partial charge in [-0.1, -0.05) is 81.0 Å². The zero-order valence-electron chi connectivity index (χ0n) is 22.6. The SMILES string of the molecule is CCCc1ccc2c(c1)C(OCCOc1ccc(CC(OCC)C(=O)O)cc1)c1ccc(CC)cc1C=C2. The van der Waals surface area contributed by atoms with E-state index in [1.807, 2.05) is 24.3 Å². The van der Waals surface area contributed by atoms with E-state index in [1.54, 1.807) is 6.92 Å². The van der Waals surface area contributed by atoms with E-state index < -0.39 is 12.1 Å². The Balaban J connectivity index is 1.44. The molecule has 0 spiro atoms. The van der Waals surface area contributed by atoms with Crippen LogP contribution in [0.3, 0.4) is 0 Å². The quantitative estimate of drug-likeness (QED) is 0.251. The van der Waals surface area contributed by atoms with Gasteiger partial charge in [0.2, 0.25) is 0 Å². The molecule has 3 aromatic rings. The second-order valence-electron chi connectivity index (χ2n) is 9.59. The maximum absolute atomic E-state index is 11.4. The van der Waals surface area contributed by atoms with Crippen LogP contribution in [0.4, 0.5) is 0 Å². The first kappa shape index (κ1) is 27.6. The summed E-state index contributed by atoms with van der Waals surface area (Å²) in [5.41, 5.74) is 8.29. The highest BCUT2D eigenvalue weighted by molar-refractivity contribution is 5.76.